The van der Waals surface area contributed by atoms with Crippen molar-refractivity contribution >= 4 is 29.6 Å². The summed E-state index contributed by atoms with van der Waals surface area (Å²) < 4.78 is 4.74. The highest BCUT2D eigenvalue weighted by molar-refractivity contribution is 8.00. The number of carboxylic acids is 1. The van der Waals surface area contributed by atoms with Gasteiger partial charge in [-0.3, -0.25) is 14.4 Å². The first-order chi connectivity index (χ1) is 8.97. The van der Waals surface area contributed by atoms with Crippen LogP contribution in [0.2, 0.25) is 0 Å². The van der Waals surface area contributed by atoms with Gasteiger partial charge in [0.05, 0.1) is 12.4 Å². The molecular weight excluding hydrogens is 272 g/mol. The first-order valence-electron chi connectivity index (χ1n) is 5.95. The van der Waals surface area contributed by atoms with Crippen LogP contribution in [0.4, 0.5) is 0 Å². The molecule has 0 aliphatic carbocycles. The molecule has 0 aromatic rings. The number of esters is 1. The van der Waals surface area contributed by atoms with E-state index in [0.717, 1.165) is 11.8 Å². The fourth-order valence-electron chi connectivity index (χ4n) is 1.09. The van der Waals surface area contributed by atoms with Gasteiger partial charge in [0.2, 0.25) is 5.91 Å². The number of nitrogens with one attached hydrogen (secondary N) is 1. The lowest BCUT2D eigenvalue weighted by Crippen LogP contribution is -2.33. The van der Waals surface area contributed by atoms with E-state index in [0.29, 0.717) is 19.6 Å². The highest BCUT2D eigenvalue weighted by atomic mass is 32.2. The molecule has 110 valence electrons. The summed E-state index contributed by atoms with van der Waals surface area (Å²) >= 11 is 1.16. The van der Waals surface area contributed by atoms with Crippen molar-refractivity contribution in [3.05, 3.63) is 0 Å². The summed E-state index contributed by atoms with van der Waals surface area (Å²) in [6.45, 7) is 2.48. The third-order valence-corrected chi connectivity index (χ3v) is 3.09. The third kappa shape index (κ3) is 10.3. The van der Waals surface area contributed by atoms with Crippen LogP contribution in [0, 0.1) is 0 Å². The normalized spacial score (nSPS) is 11.7. The number of carbonyl (C=O) groups excluding carboxylic acids is 2. The highest BCUT2D eigenvalue weighted by Gasteiger charge is 2.12. The zero-order valence-electron chi connectivity index (χ0n) is 10.9. The first kappa shape index (κ1) is 17.7. The molecule has 0 aliphatic rings. The smallest absolute Gasteiger partial charge is 0.321 e. The Labute approximate surface area is 116 Å². The van der Waals surface area contributed by atoms with Crippen LogP contribution in [-0.2, 0) is 19.1 Å². The molecule has 0 spiro atoms. The van der Waals surface area contributed by atoms with Crippen LogP contribution >= 0.6 is 11.8 Å². The number of hydrogen-bond acceptors (Lipinski definition) is 6. The molecule has 0 fully saturated rings. The van der Waals surface area contributed by atoms with E-state index in [9.17, 15) is 14.4 Å². The fraction of sp³-hybridized carbons (Fsp3) is 0.727. The maximum Gasteiger partial charge on any atom is 0.321 e. The molecule has 0 aromatic heterocycles. The minimum absolute atomic E-state index is 0.153. The maximum atomic E-state index is 11.3. The van der Waals surface area contributed by atoms with Crippen LogP contribution in [0.15, 0.2) is 0 Å². The number of hydrogen-bond donors (Lipinski definition) is 3. The molecule has 0 saturated heterocycles. The molecule has 19 heavy (non-hydrogen) atoms. The van der Waals surface area contributed by atoms with Crippen molar-refractivity contribution in [3.63, 3.8) is 0 Å². The SMILES string of the molecule is CCOC(=O)CCCNC(=O)CSCC(N)C(=O)O. The van der Waals surface area contributed by atoms with Crippen molar-refractivity contribution in [1.82, 2.24) is 5.32 Å². The molecule has 0 aliphatic heterocycles. The summed E-state index contributed by atoms with van der Waals surface area (Å²) in [5, 5.41) is 11.2. The van der Waals surface area contributed by atoms with E-state index < -0.39 is 12.0 Å². The number of carboxylic acid groups (broad SMARTS) is 1. The lowest BCUT2D eigenvalue weighted by Gasteiger charge is -2.07. The second kappa shape index (κ2) is 10.6. The zero-order valence-corrected chi connectivity index (χ0v) is 11.7. The lowest BCUT2D eigenvalue weighted by molar-refractivity contribution is -0.143. The number of amides is 1. The summed E-state index contributed by atoms with van der Waals surface area (Å²) in [6, 6.07) is -0.957. The molecular formula is C11H20N2O5S. The van der Waals surface area contributed by atoms with Crippen molar-refractivity contribution in [3.8, 4) is 0 Å². The summed E-state index contributed by atoms with van der Waals surface area (Å²) in [4.78, 5) is 32.7. The van der Waals surface area contributed by atoms with Crippen LogP contribution in [0.3, 0.4) is 0 Å². The highest BCUT2D eigenvalue weighted by Crippen LogP contribution is 2.01. The van der Waals surface area contributed by atoms with Crippen molar-refractivity contribution < 1.29 is 24.2 Å². The molecule has 8 heteroatoms. The number of aliphatic carboxylic acids is 1. The van der Waals surface area contributed by atoms with Gasteiger partial charge >= 0.3 is 11.9 Å². The standard InChI is InChI=1S/C11H20N2O5S/c1-2-18-10(15)4-3-5-13-9(14)7-19-6-8(12)11(16)17/h8H,2-7,12H2,1H3,(H,13,14)(H,16,17). The van der Waals surface area contributed by atoms with Gasteiger partial charge < -0.3 is 20.9 Å². The largest absolute Gasteiger partial charge is 0.480 e. The average Bonchev–Trinajstić information content (AvgIpc) is 2.34. The van der Waals surface area contributed by atoms with Crippen LogP contribution in [0.1, 0.15) is 19.8 Å². The Morgan fingerprint density at radius 2 is 2.11 bits per heavy atom. The molecule has 0 rings (SSSR count). The Bertz CT molecular complexity index is 311. The topological polar surface area (TPSA) is 119 Å². The van der Waals surface area contributed by atoms with E-state index in [1.807, 2.05) is 0 Å². The van der Waals surface area contributed by atoms with Crippen molar-refractivity contribution in [2.24, 2.45) is 5.73 Å². The zero-order chi connectivity index (χ0) is 14.7. The molecule has 7 nitrogen and oxygen atoms in total. The minimum atomic E-state index is -1.08. The van der Waals surface area contributed by atoms with Gasteiger partial charge in [-0.25, -0.2) is 0 Å². The van der Waals surface area contributed by atoms with Crippen LogP contribution in [-0.4, -0.2) is 53.7 Å². The van der Waals surface area contributed by atoms with Crippen molar-refractivity contribution in [2.75, 3.05) is 24.7 Å². The number of rotatable bonds is 10. The molecule has 1 unspecified atom stereocenters. The van der Waals surface area contributed by atoms with Gasteiger partial charge in [-0.1, -0.05) is 0 Å². The van der Waals surface area contributed by atoms with Crippen LogP contribution in [0.25, 0.3) is 0 Å². The Morgan fingerprint density at radius 3 is 2.68 bits per heavy atom. The number of thioether (sulfide) groups is 1. The molecule has 4 N–H and O–H groups in total. The second-order valence-corrected chi connectivity index (χ2v) is 4.75. The quantitative estimate of drug-likeness (QED) is 0.370. The molecule has 0 heterocycles. The monoisotopic (exact) mass is 292 g/mol. The summed E-state index contributed by atoms with van der Waals surface area (Å²) in [6.07, 6.45) is 0.787. The summed E-state index contributed by atoms with van der Waals surface area (Å²) in [5.74, 6) is -1.22. The van der Waals surface area contributed by atoms with E-state index in [2.05, 4.69) is 5.32 Å². The Hall–Kier alpha value is -1.28. The maximum absolute atomic E-state index is 11.3. The predicted octanol–water partition coefficient (Wildman–Crippen LogP) is -0.409. The first-order valence-corrected chi connectivity index (χ1v) is 7.11. The molecule has 0 aromatic carbocycles. The van der Waals surface area contributed by atoms with Crippen LogP contribution in [0.5, 0.6) is 0 Å². The molecule has 1 amide bonds. The van der Waals surface area contributed by atoms with Gasteiger partial charge in [-0.15, -0.1) is 11.8 Å². The number of carbonyl (C=O) groups is 3. The summed E-state index contributed by atoms with van der Waals surface area (Å²) in [5.41, 5.74) is 5.28. The third-order valence-electron chi connectivity index (χ3n) is 2.03. The van der Waals surface area contributed by atoms with Gasteiger partial charge in [0.25, 0.3) is 0 Å². The molecule has 0 saturated carbocycles. The van der Waals surface area contributed by atoms with E-state index in [1.54, 1.807) is 6.92 Å². The molecule has 0 radical (unpaired) electrons. The minimum Gasteiger partial charge on any atom is -0.480 e. The Kier molecular flexibility index (Phi) is 9.91. The summed E-state index contributed by atoms with van der Waals surface area (Å²) in [7, 11) is 0. The van der Waals surface area contributed by atoms with Crippen molar-refractivity contribution in [1.29, 1.82) is 0 Å². The second-order valence-electron chi connectivity index (χ2n) is 3.72. The van der Waals surface area contributed by atoms with E-state index in [4.69, 9.17) is 15.6 Å². The van der Waals surface area contributed by atoms with Crippen LogP contribution < -0.4 is 11.1 Å². The van der Waals surface area contributed by atoms with E-state index >= 15 is 0 Å². The van der Waals surface area contributed by atoms with Gasteiger partial charge in [-0.05, 0) is 13.3 Å². The van der Waals surface area contributed by atoms with Gasteiger partial charge in [0.15, 0.2) is 0 Å². The fourth-order valence-corrected chi connectivity index (χ4v) is 1.90. The lowest BCUT2D eigenvalue weighted by atomic mass is 10.3. The van der Waals surface area contributed by atoms with E-state index in [-0.39, 0.29) is 29.8 Å². The average molecular weight is 292 g/mol. The molecule has 0 bridgehead atoms. The Morgan fingerprint density at radius 1 is 1.42 bits per heavy atom. The van der Waals surface area contributed by atoms with Gasteiger partial charge in [0.1, 0.15) is 6.04 Å². The van der Waals surface area contributed by atoms with E-state index in [1.165, 1.54) is 0 Å². The number of nitrogens with two attached hydrogens (primary N) is 1. The Balaban J connectivity index is 3.50. The predicted molar refractivity (Wildman–Crippen MR) is 71.8 cm³/mol. The van der Waals surface area contributed by atoms with Gasteiger partial charge in [0, 0.05) is 18.7 Å². The number of ether oxygens (including phenoxy) is 1. The van der Waals surface area contributed by atoms with Gasteiger partial charge in [-0.2, -0.15) is 0 Å². The molecule has 1 atom stereocenters. The van der Waals surface area contributed by atoms with Crippen molar-refractivity contribution in [2.45, 2.75) is 25.8 Å².